The highest BCUT2D eigenvalue weighted by Gasteiger charge is 2.16. The molecule has 2 rings (SSSR count). The second kappa shape index (κ2) is 5.96. The fourth-order valence-electron chi connectivity index (χ4n) is 2.13. The van der Waals surface area contributed by atoms with Gasteiger partial charge in [0.25, 0.3) is 0 Å². The number of nitrogens with one attached hydrogen (secondary N) is 1. The Kier molecular flexibility index (Phi) is 4.29. The van der Waals surface area contributed by atoms with Crippen molar-refractivity contribution in [3.05, 3.63) is 65.0 Å². The zero-order valence-electron chi connectivity index (χ0n) is 11.1. The lowest BCUT2D eigenvalue weighted by Gasteiger charge is -2.18. The van der Waals surface area contributed by atoms with Crippen LogP contribution in [-0.2, 0) is 0 Å². The van der Waals surface area contributed by atoms with E-state index in [0.29, 0.717) is 11.1 Å². The molecule has 1 atom stereocenters. The summed E-state index contributed by atoms with van der Waals surface area (Å²) < 4.78 is 45.1. The Labute approximate surface area is 115 Å². The molecule has 0 aromatic heterocycles. The number of ether oxygens (including phenoxy) is 1. The Hall–Kier alpha value is -2.01. The van der Waals surface area contributed by atoms with Crippen LogP contribution >= 0.6 is 0 Å². The minimum Gasteiger partial charge on any atom is -0.494 e. The van der Waals surface area contributed by atoms with Crippen LogP contribution in [0.1, 0.15) is 17.2 Å². The normalized spacial score (nSPS) is 12.2. The van der Waals surface area contributed by atoms with E-state index in [0.717, 1.165) is 6.07 Å². The molecule has 0 heterocycles. The van der Waals surface area contributed by atoms with Crippen molar-refractivity contribution in [3.63, 3.8) is 0 Å². The third-order valence-electron chi connectivity index (χ3n) is 3.02. The molecule has 0 saturated heterocycles. The lowest BCUT2D eigenvalue weighted by Crippen LogP contribution is -2.18. The van der Waals surface area contributed by atoms with E-state index in [1.54, 1.807) is 13.1 Å². The molecule has 0 aliphatic rings. The molecule has 0 radical (unpaired) electrons. The lowest BCUT2D eigenvalue weighted by molar-refractivity contribution is 0.386. The summed E-state index contributed by atoms with van der Waals surface area (Å²) in [7, 11) is 3.01. The van der Waals surface area contributed by atoms with Gasteiger partial charge < -0.3 is 10.1 Å². The molecule has 5 heteroatoms. The van der Waals surface area contributed by atoms with E-state index in [2.05, 4.69) is 5.32 Å². The van der Waals surface area contributed by atoms with Crippen LogP contribution in [0.3, 0.4) is 0 Å². The highest BCUT2D eigenvalue weighted by molar-refractivity contribution is 5.36. The van der Waals surface area contributed by atoms with Gasteiger partial charge in [-0.15, -0.1) is 0 Å². The van der Waals surface area contributed by atoms with Gasteiger partial charge in [0.05, 0.1) is 13.2 Å². The van der Waals surface area contributed by atoms with Crippen LogP contribution in [0.2, 0.25) is 0 Å². The van der Waals surface area contributed by atoms with Crippen molar-refractivity contribution >= 4 is 0 Å². The molecule has 1 N–H and O–H groups in total. The minimum atomic E-state index is -0.672. The van der Waals surface area contributed by atoms with Crippen LogP contribution in [-0.4, -0.2) is 14.2 Å². The Morgan fingerprint density at radius 2 is 1.60 bits per heavy atom. The zero-order chi connectivity index (χ0) is 14.7. The van der Waals surface area contributed by atoms with Gasteiger partial charge in [-0.3, -0.25) is 0 Å². The number of benzene rings is 2. The average Bonchev–Trinajstić information content (AvgIpc) is 2.38. The van der Waals surface area contributed by atoms with Crippen LogP contribution in [0.15, 0.2) is 36.4 Å². The smallest absolute Gasteiger partial charge is 0.165 e. The summed E-state index contributed by atoms with van der Waals surface area (Å²) in [5, 5.41) is 2.91. The van der Waals surface area contributed by atoms with Gasteiger partial charge in [0, 0.05) is 6.07 Å². The average molecular weight is 281 g/mol. The number of hydrogen-bond acceptors (Lipinski definition) is 2. The summed E-state index contributed by atoms with van der Waals surface area (Å²) in [6.07, 6.45) is 0. The maximum absolute atomic E-state index is 13.7. The van der Waals surface area contributed by atoms with Gasteiger partial charge in [-0.05, 0) is 42.4 Å². The maximum atomic E-state index is 13.7. The molecule has 0 fully saturated rings. The van der Waals surface area contributed by atoms with Gasteiger partial charge in [-0.25, -0.2) is 13.2 Å². The van der Waals surface area contributed by atoms with Gasteiger partial charge in [0.1, 0.15) is 11.6 Å². The fourth-order valence-corrected chi connectivity index (χ4v) is 2.13. The van der Waals surface area contributed by atoms with E-state index in [1.807, 2.05) is 0 Å². The molecular weight excluding hydrogens is 267 g/mol. The predicted molar refractivity (Wildman–Crippen MR) is 70.2 cm³/mol. The number of rotatable bonds is 4. The van der Waals surface area contributed by atoms with E-state index in [-0.39, 0.29) is 5.75 Å². The van der Waals surface area contributed by atoms with Crippen molar-refractivity contribution in [2.24, 2.45) is 0 Å². The number of hydrogen-bond donors (Lipinski definition) is 1. The molecule has 2 aromatic rings. The highest BCUT2D eigenvalue weighted by atomic mass is 19.1. The molecule has 0 aliphatic heterocycles. The SMILES string of the molecule is CNC(c1cc(F)cc(F)c1)c1ccc(OC)c(F)c1. The van der Waals surface area contributed by atoms with Crippen molar-refractivity contribution in [1.82, 2.24) is 5.32 Å². The Balaban J connectivity index is 2.44. The summed E-state index contributed by atoms with van der Waals surface area (Å²) in [5.41, 5.74) is 0.936. The molecule has 0 saturated carbocycles. The van der Waals surface area contributed by atoms with E-state index in [4.69, 9.17) is 4.74 Å². The van der Waals surface area contributed by atoms with Gasteiger partial charge in [0.15, 0.2) is 11.6 Å². The quantitative estimate of drug-likeness (QED) is 0.927. The van der Waals surface area contributed by atoms with Gasteiger partial charge in [-0.2, -0.15) is 0 Å². The summed E-state index contributed by atoms with van der Waals surface area (Å²) in [5.74, 6) is -1.75. The molecule has 2 aromatic carbocycles. The molecule has 106 valence electrons. The Morgan fingerprint density at radius 3 is 2.10 bits per heavy atom. The first-order valence-electron chi connectivity index (χ1n) is 6.02. The molecule has 0 aliphatic carbocycles. The van der Waals surface area contributed by atoms with E-state index >= 15 is 0 Å². The van der Waals surface area contributed by atoms with E-state index in [9.17, 15) is 13.2 Å². The van der Waals surface area contributed by atoms with Crippen molar-refractivity contribution in [2.75, 3.05) is 14.2 Å². The Bertz CT molecular complexity index is 596. The Morgan fingerprint density at radius 1 is 0.950 bits per heavy atom. The monoisotopic (exact) mass is 281 g/mol. The highest BCUT2D eigenvalue weighted by Crippen LogP contribution is 2.27. The van der Waals surface area contributed by atoms with Gasteiger partial charge in [-0.1, -0.05) is 6.07 Å². The summed E-state index contributed by atoms with van der Waals surface area (Å²) in [4.78, 5) is 0. The number of halogens is 3. The van der Waals surface area contributed by atoms with E-state index in [1.165, 1.54) is 31.4 Å². The molecule has 0 amide bonds. The van der Waals surface area contributed by atoms with Gasteiger partial charge in [0.2, 0.25) is 0 Å². The van der Waals surface area contributed by atoms with Crippen LogP contribution in [0.4, 0.5) is 13.2 Å². The molecule has 1 unspecified atom stereocenters. The van der Waals surface area contributed by atoms with E-state index < -0.39 is 23.5 Å². The minimum absolute atomic E-state index is 0.119. The largest absolute Gasteiger partial charge is 0.494 e. The second-order valence-corrected chi connectivity index (χ2v) is 4.32. The van der Waals surface area contributed by atoms with Crippen molar-refractivity contribution in [3.8, 4) is 5.75 Å². The van der Waals surface area contributed by atoms with Crippen LogP contribution in [0.5, 0.6) is 5.75 Å². The molecule has 0 bridgehead atoms. The first-order chi connectivity index (χ1) is 9.55. The lowest BCUT2D eigenvalue weighted by atomic mass is 9.98. The molecule has 0 spiro atoms. The maximum Gasteiger partial charge on any atom is 0.165 e. The zero-order valence-corrected chi connectivity index (χ0v) is 11.1. The topological polar surface area (TPSA) is 21.3 Å². The number of methoxy groups -OCH3 is 1. The summed E-state index contributed by atoms with van der Waals surface area (Å²) in [6, 6.07) is 7.11. The first kappa shape index (κ1) is 14.4. The standard InChI is InChI=1S/C15H14F3NO/c1-19-15(10-5-11(16)8-12(17)6-10)9-3-4-14(20-2)13(18)7-9/h3-8,15,19H,1-2H3. The van der Waals surface area contributed by atoms with Crippen molar-refractivity contribution < 1.29 is 17.9 Å². The van der Waals surface area contributed by atoms with Crippen molar-refractivity contribution in [1.29, 1.82) is 0 Å². The summed E-state index contributed by atoms with van der Waals surface area (Å²) in [6.45, 7) is 0. The molecule has 20 heavy (non-hydrogen) atoms. The van der Waals surface area contributed by atoms with Crippen LogP contribution in [0.25, 0.3) is 0 Å². The van der Waals surface area contributed by atoms with Crippen LogP contribution in [0, 0.1) is 17.5 Å². The summed E-state index contributed by atoms with van der Waals surface area (Å²) >= 11 is 0. The van der Waals surface area contributed by atoms with Gasteiger partial charge >= 0.3 is 0 Å². The molecular formula is C15H14F3NO. The fraction of sp³-hybridized carbons (Fsp3) is 0.200. The van der Waals surface area contributed by atoms with Crippen molar-refractivity contribution in [2.45, 2.75) is 6.04 Å². The third-order valence-corrected chi connectivity index (χ3v) is 3.02. The second-order valence-electron chi connectivity index (χ2n) is 4.32. The first-order valence-corrected chi connectivity index (χ1v) is 6.02. The predicted octanol–water partition coefficient (Wildman–Crippen LogP) is 3.42. The van der Waals surface area contributed by atoms with Crippen LogP contribution < -0.4 is 10.1 Å². The molecule has 2 nitrogen and oxygen atoms in total. The third kappa shape index (κ3) is 2.93.